The Labute approximate surface area is 113 Å². The Bertz CT molecular complexity index is 375. The predicted octanol–water partition coefficient (Wildman–Crippen LogP) is 1.35. The summed E-state index contributed by atoms with van der Waals surface area (Å²) in [5.74, 6) is 0. The molecule has 2 heterocycles. The van der Waals surface area contributed by atoms with Crippen LogP contribution < -0.4 is 0 Å². The van der Waals surface area contributed by atoms with Crippen molar-refractivity contribution in [3.63, 3.8) is 0 Å². The average molecular weight is 266 g/mol. The van der Waals surface area contributed by atoms with Crippen molar-refractivity contribution in [1.82, 2.24) is 9.80 Å². The Balaban J connectivity index is 1.81. The van der Waals surface area contributed by atoms with Crippen LogP contribution in [0, 0.1) is 10.8 Å². The van der Waals surface area contributed by atoms with E-state index in [0.717, 1.165) is 32.5 Å². The number of ether oxygens (including phenoxy) is 1. The van der Waals surface area contributed by atoms with Crippen LogP contribution in [0.25, 0.3) is 0 Å². The first kappa shape index (κ1) is 14.0. The highest BCUT2D eigenvalue weighted by atomic mass is 16.6. The largest absolute Gasteiger partial charge is 0.450 e. The number of rotatable bonds is 2. The molecule has 106 valence electrons. The number of hydrogen-bond donors (Lipinski definition) is 2. The van der Waals surface area contributed by atoms with Gasteiger partial charge in [0.25, 0.3) is 0 Å². The molecule has 2 N–H and O–H groups in total. The number of carbonyl (C=O) groups excluding carboxylic acids is 1. The predicted molar refractivity (Wildman–Crippen MR) is 73.3 cm³/mol. The molecule has 2 saturated heterocycles. The van der Waals surface area contributed by atoms with Crippen LogP contribution in [0.2, 0.25) is 0 Å². The van der Waals surface area contributed by atoms with Crippen LogP contribution in [0.5, 0.6) is 0 Å². The second kappa shape index (κ2) is 6.14. The van der Waals surface area contributed by atoms with Crippen LogP contribution in [0.3, 0.4) is 0 Å². The van der Waals surface area contributed by atoms with Gasteiger partial charge in [-0.3, -0.25) is 4.90 Å². The Morgan fingerprint density at radius 3 is 2.53 bits per heavy atom. The van der Waals surface area contributed by atoms with Gasteiger partial charge in [-0.05, 0) is 19.8 Å². The molecule has 0 aliphatic carbocycles. The van der Waals surface area contributed by atoms with Crippen molar-refractivity contribution in [3.05, 3.63) is 0 Å². The fraction of sp³-hybridized carbons (Fsp3) is 0.769. The number of amides is 1. The third kappa shape index (κ3) is 3.32. The van der Waals surface area contributed by atoms with E-state index in [-0.39, 0.29) is 6.09 Å². The molecule has 0 atom stereocenters. The fourth-order valence-corrected chi connectivity index (χ4v) is 2.72. The average Bonchev–Trinajstić information content (AvgIpc) is 2.42. The zero-order chi connectivity index (χ0) is 13.8. The fourth-order valence-electron chi connectivity index (χ4n) is 2.72. The number of likely N-dealkylation sites (tertiary alicyclic amines) is 2. The maximum atomic E-state index is 11.6. The lowest BCUT2D eigenvalue weighted by molar-refractivity contribution is 0.0786. The molecule has 0 saturated carbocycles. The normalized spacial score (nSPS) is 22.7. The van der Waals surface area contributed by atoms with Crippen LogP contribution >= 0.6 is 0 Å². The first-order valence-electron chi connectivity index (χ1n) is 6.92. The zero-order valence-electron chi connectivity index (χ0n) is 11.4. The third-order valence-corrected chi connectivity index (χ3v) is 3.88. The minimum atomic E-state index is -0.214. The highest BCUT2D eigenvalue weighted by Crippen LogP contribution is 2.19. The lowest BCUT2D eigenvalue weighted by Crippen LogP contribution is -2.51. The van der Waals surface area contributed by atoms with Crippen LogP contribution in [0.4, 0.5) is 4.79 Å². The van der Waals surface area contributed by atoms with Gasteiger partial charge in [-0.25, -0.2) is 4.79 Å². The van der Waals surface area contributed by atoms with Crippen LogP contribution in [-0.4, -0.2) is 66.1 Å². The van der Waals surface area contributed by atoms with Gasteiger partial charge in [-0.2, -0.15) is 0 Å². The molecule has 1 amide bonds. The molecule has 6 heteroatoms. The zero-order valence-corrected chi connectivity index (χ0v) is 11.4. The number of hydrogen-bond acceptors (Lipinski definition) is 5. The van der Waals surface area contributed by atoms with Gasteiger partial charge in [0.15, 0.2) is 0 Å². The molecule has 0 unspecified atom stereocenters. The Kier molecular flexibility index (Phi) is 4.52. The lowest BCUT2D eigenvalue weighted by Gasteiger charge is -2.39. The molecular weight excluding hydrogens is 244 g/mol. The van der Waals surface area contributed by atoms with Crippen molar-refractivity contribution in [2.45, 2.75) is 32.2 Å². The number of nitrogens with zero attached hydrogens (tertiary/aromatic N) is 2. The highest BCUT2D eigenvalue weighted by Gasteiger charge is 2.30. The first-order chi connectivity index (χ1) is 9.11. The summed E-state index contributed by atoms with van der Waals surface area (Å²) in [6.07, 6.45) is 2.32. The molecule has 2 rings (SSSR count). The van der Waals surface area contributed by atoms with Gasteiger partial charge in [0, 0.05) is 38.6 Å². The summed E-state index contributed by atoms with van der Waals surface area (Å²) < 4.78 is 5.00. The Morgan fingerprint density at radius 1 is 1.26 bits per heavy atom. The lowest BCUT2D eigenvalue weighted by atomic mass is 9.98. The van der Waals surface area contributed by atoms with Crippen molar-refractivity contribution in [3.8, 4) is 0 Å². The van der Waals surface area contributed by atoms with Crippen LogP contribution in [-0.2, 0) is 4.74 Å². The smallest absolute Gasteiger partial charge is 0.409 e. The van der Waals surface area contributed by atoms with Gasteiger partial charge in [0.1, 0.15) is 0 Å². The summed E-state index contributed by atoms with van der Waals surface area (Å²) in [5, 5.41) is 15.4. The van der Waals surface area contributed by atoms with Crippen LogP contribution in [0.1, 0.15) is 26.2 Å². The summed E-state index contributed by atoms with van der Waals surface area (Å²) in [4.78, 5) is 15.6. The van der Waals surface area contributed by atoms with E-state index in [1.165, 1.54) is 0 Å². The minimum Gasteiger partial charge on any atom is -0.450 e. The van der Waals surface area contributed by atoms with E-state index in [9.17, 15) is 4.79 Å². The molecule has 0 aromatic rings. The summed E-state index contributed by atoms with van der Waals surface area (Å²) in [6, 6.07) is 0.430. The summed E-state index contributed by atoms with van der Waals surface area (Å²) >= 11 is 0. The van der Waals surface area contributed by atoms with Gasteiger partial charge in [-0.15, -0.1) is 0 Å². The summed E-state index contributed by atoms with van der Waals surface area (Å²) in [5.41, 5.74) is 0.916. The SMILES string of the molecule is CCOC(=O)N1CCC(N2CCC(=N)C(=N)C2)CC1. The van der Waals surface area contributed by atoms with E-state index >= 15 is 0 Å². The minimum absolute atomic E-state index is 0.214. The van der Waals surface area contributed by atoms with E-state index in [1.54, 1.807) is 4.90 Å². The molecule has 0 aromatic heterocycles. The van der Waals surface area contributed by atoms with E-state index in [4.69, 9.17) is 15.6 Å². The number of piperidine rings is 2. The monoisotopic (exact) mass is 266 g/mol. The number of carbonyl (C=O) groups is 1. The topological polar surface area (TPSA) is 80.5 Å². The molecule has 19 heavy (non-hydrogen) atoms. The van der Waals surface area contributed by atoms with Gasteiger partial charge in [0.05, 0.1) is 18.0 Å². The molecule has 6 nitrogen and oxygen atoms in total. The Hall–Kier alpha value is -1.43. The molecule has 2 aliphatic rings. The first-order valence-corrected chi connectivity index (χ1v) is 6.92. The number of nitrogens with one attached hydrogen (secondary N) is 2. The highest BCUT2D eigenvalue weighted by molar-refractivity contribution is 6.41. The standard InChI is InChI=1S/C13H22N4O2/c1-2-19-13(18)16-6-3-10(4-7-16)17-8-5-11(14)12(15)9-17/h10,14-15H,2-9H2,1H3. The van der Waals surface area contributed by atoms with Crippen molar-refractivity contribution < 1.29 is 9.53 Å². The van der Waals surface area contributed by atoms with Gasteiger partial charge < -0.3 is 20.5 Å². The molecule has 2 aliphatic heterocycles. The molecule has 0 radical (unpaired) electrons. The van der Waals surface area contributed by atoms with E-state index < -0.39 is 0 Å². The van der Waals surface area contributed by atoms with E-state index in [0.29, 0.717) is 37.0 Å². The third-order valence-electron chi connectivity index (χ3n) is 3.88. The van der Waals surface area contributed by atoms with Gasteiger partial charge >= 0.3 is 6.09 Å². The van der Waals surface area contributed by atoms with Crippen molar-refractivity contribution in [2.75, 3.05) is 32.8 Å². The maximum Gasteiger partial charge on any atom is 0.409 e. The van der Waals surface area contributed by atoms with Crippen molar-refractivity contribution in [2.24, 2.45) is 0 Å². The summed E-state index contributed by atoms with van der Waals surface area (Å²) in [6.45, 7) is 5.15. The van der Waals surface area contributed by atoms with Crippen molar-refractivity contribution in [1.29, 1.82) is 10.8 Å². The molecule has 0 aromatic carbocycles. The van der Waals surface area contributed by atoms with E-state index in [2.05, 4.69) is 4.90 Å². The molecule has 0 bridgehead atoms. The summed E-state index contributed by atoms with van der Waals surface area (Å²) in [7, 11) is 0. The van der Waals surface area contributed by atoms with Gasteiger partial charge in [0.2, 0.25) is 0 Å². The van der Waals surface area contributed by atoms with Crippen LogP contribution in [0.15, 0.2) is 0 Å². The Morgan fingerprint density at radius 2 is 1.95 bits per heavy atom. The molecular formula is C13H22N4O2. The quantitative estimate of drug-likeness (QED) is 0.791. The second-order valence-corrected chi connectivity index (χ2v) is 5.09. The van der Waals surface area contributed by atoms with E-state index in [1.807, 2.05) is 6.92 Å². The second-order valence-electron chi connectivity index (χ2n) is 5.09. The van der Waals surface area contributed by atoms with Crippen molar-refractivity contribution >= 4 is 17.5 Å². The molecule has 2 fully saturated rings. The molecule has 0 spiro atoms. The van der Waals surface area contributed by atoms with Gasteiger partial charge in [-0.1, -0.05) is 0 Å². The maximum absolute atomic E-state index is 11.6.